The number of alkyl halides is 1. The molecule has 0 heterocycles. The van der Waals surface area contributed by atoms with E-state index >= 15 is 0 Å². The predicted octanol–water partition coefficient (Wildman–Crippen LogP) is 4.08. The molecule has 0 aliphatic heterocycles. The Morgan fingerprint density at radius 2 is 2.20 bits per heavy atom. The first-order valence-corrected chi connectivity index (χ1v) is 6.76. The molecule has 0 unspecified atom stereocenters. The van der Waals surface area contributed by atoms with Gasteiger partial charge in [0.25, 0.3) is 0 Å². The molecule has 0 aromatic heterocycles. The lowest BCUT2D eigenvalue weighted by molar-refractivity contribution is 0.785. The Kier molecular flexibility index (Phi) is 3.57. The third-order valence-electron chi connectivity index (χ3n) is 2.83. The van der Waals surface area contributed by atoms with E-state index in [0.717, 1.165) is 22.8 Å². The summed E-state index contributed by atoms with van der Waals surface area (Å²) in [5.41, 5.74) is 2.56. The molecule has 1 saturated carbocycles. The Balaban J connectivity index is 2.18. The van der Waals surface area contributed by atoms with Gasteiger partial charge in [-0.05, 0) is 36.5 Å². The van der Waals surface area contributed by atoms with E-state index in [1.165, 1.54) is 24.1 Å². The number of halogens is 2. The second kappa shape index (κ2) is 4.75. The number of hydrogen-bond donors (Lipinski definition) is 0. The standard InChI is InChI=1S/C12H15BrClN/c1-15(8-9-2-3-9)12-6-11(14)5-4-10(12)7-13/h4-6,9H,2-3,7-8H2,1H3. The Morgan fingerprint density at radius 1 is 1.47 bits per heavy atom. The molecule has 0 saturated heterocycles. The van der Waals surface area contributed by atoms with Gasteiger partial charge in [-0.25, -0.2) is 0 Å². The normalized spacial score (nSPS) is 15.4. The highest BCUT2D eigenvalue weighted by atomic mass is 79.9. The molecule has 1 aliphatic carbocycles. The van der Waals surface area contributed by atoms with Crippen molar-refractivity contribution in [3.05, 3.63) is 28.8 Å². The molecule has 1 aromatic rings. The van der Waals surface area contributed by atoms with Crippen molar-refractivity contribution in [1.82, 2.24) is 0 Å². The second-order valence-corrected chi connectivity index (χ2v) is 5.23. The summed E-state index contributed by atoms with van der Waals surface area (Å²) in [6.45, 7) is 1.15. The van der Waals surface area contributed by atoms with Crippen LogP contribution in [0.5, 0.6) is 0 Å². The van der Waals surface area contributed by atoms with Crippen LogP contribution >= 0.6 is 27.5 Å². The van der Waals surface area contributed by atoms with Gasteiger partial charge in [-0.1, -0.05) is 33.6 Å². The van der Waals surface area contributed by atoms with E-state index < -0.39 is 0 Å². The third kappa shape index (κ3) is 2.88. The van der Waals surface area contributed by atoms with Gasteiger partial charge in [0.05, 0.1) is 0 Å². The Bertz CT molecular complexity index is 349. The summed E-state index contributed by atoms with van der Waals surface area (Å²) in [6, 6.07) is 6.10. The highest BCUT2D eigenvalue weighted by Gasteiger charge is 2.23. The number of benzene rings is 1. The van der Waals surface area contributed by atoms with Gasteiger partial charge in [0, 0.05) is 29.6 Å². The van der Waals surface area contributed by atoms with Crippen molar-refractivity contribution in [3.63, 3.8) is 0 Å². The van der Waals surface area contributed by atoms with Crippen molar-refractivity contribution in [1.29, 1.82) is 0 Å². The van der Waals surface area contributed by atoms with Crippen molar-refractivity contribution in [3.8, 4) is 0 Å². The summed E-state index contributed by atoms with van der Waals surface area (Å²) in [5, 5.41) is 1.70. The fourth-order valence-electron chi connectivity index (χ4n) is 1.79. The maximum Gasteiger partial charge on any atom is 0.0426 e. The zero-order chi connectivity index (χ0) is 10.8. The quantitative estimate of drug-likeness (QED) is 0.755. The molecular formula is C12H15BrClN. The van der Waals surface area contributed by atoms with Crippen LogP contribution < -0.4 is 4.90 Å². The third-order valence-corrected chi connectivity index (χ3v) is 3.67. The van der Waals surface area contributed by atoms with E-state index in [4.69, 9.17) is 11.6 Å². The molecule has 15 heavy (non-hydrogen) atoms. The summed E-state index contributed by atoms with van der Waals surface area (Å²) in [7, 11) is 2.15. The van der Waals surface area contributed by atoms with E-state index in [1.807, 2.05) is 6.07 Å². The van der Waals surface area contributed by atoms with Gasteiger partial charge in [0.2, 0.25) is 0 Å². The molecule has 0 amide bonds. The lowest BCUT2D eigenvalue weighted by Gasteiger charge is -2.22. The largest absolute Gasteiger partial charge is 0.374 e. The van der Waals surface area contributed by atoms with Crippen LogP contribution in [0.25, 0.3) is 0 Å². The first kappa shape index (κ1) is 11.3. The zero-order valence-electron chi connectivity index (χ0n) is 8.84. The van der Waals surface area contributed by atoms with Crippen molar-refractivity contribution in [2.45, 2.75) is 18.2 Å². The summed E-state index contributed by atoms with van der Waals surface area (Å²) in [5.74, 6) is 0.900. The average molecular weight is 289 g/mol. The summed E-state index contributed by atoms with van der Waals surface area (Å²) >= 11 is 9.54. The fraction of sp³-hybridized carbons (Fsp3) is 0.500. The van der Waals surface area contributed by atoms with Crippen LogP contribution in [0.2, 0.25) is 5.02 Å². The first-order chi connectivity index (χ1) is 7.20. The van der Waals surface area contributed by atoms with Crippen LogP contribution in [0.1, 0.15) is 18.4 Å². The van der Waals surface area contributed by atoms with Crippen LogP contribution in [0.3, 0.4) is 0 Å². The van der Waals surface area contributed by atoms with E-state index in [0.29, 0.717) is 0 Å². The molecule has 0 spiro atoms. The van der Waals surface area contributed by atoms with Gasteiger partial charge < -0.3 is 4.90 Å². The van der Waals surface area contributed by atoms with Crippen LogP contribution in [-0.2, 0) is 5.33 Å². The maximum absolute atomic E-state index is 6.03. The van der Waals surface area contributed by atoms with Gasteiger partial charge in [-0.2, -0.15) is 0 Å². The van der Waals surface area contributed by atoms with E-state index in [2.05, 4.69) is 40.0 Å². The van der Waals surface area contributed by atoms with Gasteiger partial charge in [0.15, 0.2) is 0 Å². The minimum absolute atomic E-state index is 0.817. The summed E-state index contributed by atoms with van der Waals surface area (Å²) < 4.78 is 0. The minimum atomic E-state index is 0.817. The Morgan fingerprint density at radius 3 is 2.80 bits per heavy atom. The highest BCUT2D eigenvalue weighted by Crippen LogP contribution is 2.33. The number of anilines is 1. The minimum Gasteiger partial charge on any atom is -0.374 e. The smallest absolute Gasteiger partial charge is 0.0426 e. The molecule has 0 bridgehead atoms. The molecule has 0 radical (unpaired) electrons. The van der Waals surface area contributed by atoms with Crippen molar-refractivity contribution >= 4 is 33.2 Å². The van der Waals surface area contributed by atoms with Gasteiger partial charge >= 0.3 is 0 Å². The molecule has 0 N–H and O–H groups in total. The SMILES string of the molecule is CN(CC1CC1)c1cc(Cl)ccc1CBr. The Hall–Kier alpha value is -0.210. The van der Waals surface area contributed by atoms with Gasteiger partial charge in [0.1, 0.15) is 0 Å². The Labute approximate surface area is 105 Å². The van der Waals surface area contributed by atoms with Crippen LogP contribution in [0.4, 0.5) is 5.69 Å². The first-order valence-electron chi connectivity index (χ1n) is 5.26. The zero-order valence-corrected chi connectivity index (χ0v) is 11.2. The van der Waals surface area contributed by atoms with Gasteiger partial charge in [-0.15, -0.1) is 0 Å². The van der Waals surface area contributed by atoms with E-state index in [-0.39, 0.29) is 0 Å². The van der Waals surface area contributed by atoms with Gasteiger partial charge in [-0.3, -0.25) is 0 Å². The molecule has 0 atom stereocenters. The highest BCUT2D eigenvalue weighted by molar-refractivity contribution is 9.08. The van der Waals surface area contributed by atoms with Crippen molar-refractivity contribution in [2.75, 3.05) is 18.5 Å². The lowest BCUT2D eigenvalue weighted by atomic mass is 10.2. The molecule has 1 aliphatic rings. The fourth-order valence-corrected chi connectivity index (χ4v) is 2.43. The topological polar surface area (TPSA) is 3.24 Å². The summed E-state index contributed by atoms with van der Waals surface area (Å²) in [6.07, 6.45) is 2.77. The molecule has 2 rings (SSSR count). The molecule has 82 valence electrons. The molecule has 1 aromatic carbocycles. The molecular weight excluding hydrogens is 273 g/mol. The van der Waals surface area contributed by atoms with Crippen molar-refractivity contribution in [2.24, 2.45) is 5.92 Å². The predicted molar refractivity (Wildman–Crippen MR) is 70.1 cm³/mol. The maximum atomic E-state index is 6.03. The summed E-state index contributed by atoms with van der Waals surface area (Å²) in [4.78, 5) is 2.32. The lowest BCUT2D eigenvalue weighted by Crippen LogP contribution is -2.21. The number of rotatable bonds is 4. The average Bonchev–Trinajstić information content (AvgIpc) is 3.01. The van der Waals surface area contributed by atoms with Crippen LogP contribution in [-0.4, -0.2) is 13.6 Å². The van der Waals surface area contributed by atoms with Crippen molar-refractivity contribution < 1.29 is 0 Å². The molecule has 1 fully saturated rings. The number of nitrogens with zero attached hydrogens (tertiary/aromatic N) is 1. The molecule has 1 nitrogen and oxygen atoms in total. The van der Waals surface area contributed by atoms with E-state index in [9.17, 15) is 0 Å². The van der Waals surface area contributed by atoms with E-state index in [1.54, 1.807) is 0 Å². The van der Waals surface area contributed by atoms with Crippen LogP contribution in [0.15, 0.2) is 18.2 Å². The second-order valence-electron chi connectivity index (χ2n) is 4.23. The molecule has 3 heteroatoms. The number of hydrogen-bond acceptors (Lipinski definition) is 1. The monoisotopic (exact) mass is 287 g/mol. The van der Waals surface area contributed by atoms with Crippen LogP contribution in [0, 0.1) is 5.92 Å².